The number of carbonyl (C=O) groups excluding carboxylic acids is 1. The van der Waals surface area contributed by atoms with Gasteiger partial charge in [-0.25, -0.2) is 0 Å². The van der Waals surface area contributed by atoms with Crippen molar-refractivity contribution >= 4 is 30.3 Å². The molecule has 2 rings (SSSR count). The number of carbonyl (C=O) groups is 1. The maximum atomic E-state index is 11.8. The van der Waals surface area contributed by atoms with Crippen LogP contribution in [0.4, 0.5) is 0 Å². The Morgan fingerprint density at radius 3 is 3.07 bits per heavy atom. The Morgan fingerprint density at radius 1 is 1.53 bits per heavy atom. The highest BCUT2D eigenvalue weighted by Crippen LogP contribution is 2.17. The van der Waals surface area contributed by atoms with E-state index < -0.39 is 0 Å². The monoisotopic (exact) mass is 239 g/mol. The van der Waals surface area contributed by atoms with Gasteiger partial charge in [-0.1, -0.05) is 6.07 Å². The Bertz CT molecular complexity index is 361. The van der Waals surface area contributed by atoms with E-state index in [-0.39, 0.29) is 5.91 Å². The van der Waals surface area contributed by atoms with Crippen LogP contribution in [0, 0.1) is 0 Å². The Morgan fingerprint density at radius 2 is 2.40 bits per heavy atom. The van der Waals surface area contributed by atoms with Crippen molar-refractivity contribution in [1.29, 1.82) is 0 Å². The van der Waals surface area contributed by atoms with Crippen molar-refractivity contribution in [1.82, 2.24) is 5.32 Å². The number of rotatable bonds is 2. The number of amides is 1. The van der Waals surface area contributed by atoms with Crippen LogP contribution in [0.3, 0.4) is 0 Å². The van der Waals surface area contributed by atoms with Crippen molar-refractivity contribution in [2.75, 3.05) is 11.5 Å². The molecule has 0 spiro atoms. The lowest BCUT2D eigenvalue weighted by Gasteiger charge is -2.11. The van der Waals surface area contributed by atoms with Gasteiger partial charge in [-0.2, -0.15) is 11.8 Å². The van der Waals surface area contributed by atoms with Crippen LogP contribution in [-0.2, 0) is 0 Å². The number of hydrogen-bond donors (Lipinski definition) is 2. The lowest BCUT2D eigenvalue weighted by molar-refractivity contribution is 0.0941. The summed E-state index contributed by atoms with van der Waals surface area (Å²) in [6.07, 6.45) is 1.08. The summed E-state index contributed by atoms with van der Waals surface area (Å²) in [4.78, 5) is 12.6. The zero-order valence-electron chi connectivity index (χ0n) is 8.27. The van der Waals surface area contributed by atoms with E-state index in [1.54, 1.807) is 6.07 Å². The normalized spacial score (nSPS) is 20.2. The first kappa shape index (κ1) is 10.9. The lowest BCUT2D eigenvalue weighted by Crippen LogP contribution is -2.34. The highest BCUT2D eigenvalue weighted by Gasteiger charge is 2.18. The summed E-state index contributed by atoms with van der Waals surface area (Å²) < 4.78 is 0. The molecule has 1 heterocycles. The maximum Gasteiger partial charge on any atom is 0.251 e. The third kappa shape index (κ3) is 2.92. The van der Waals surface area contributed by atoms with E-state index in [0.29, 0.717) is 11.6 Å². The first-order valence-electron chi connectivity index (χ1n) is 4.93. The minimum absolute atomic E-state index is 0.0124. The van der Waals surface area contributed by atoms with E-state index in [1.807, 2.05) is 30.0 Å². The van der Waals surface area contributed by atoms with Crippen molar-refractivity contribution < 1.29 is 4.79 Å². The Labute approximate surface area is 99.2 Å². The van der Waals surface area contributed by atoms with Crippen LogP contribution in [-0.4, -0.2) is 23.5 Å². The molecule has 1 aliphatic heterocycles. The van der Waals surface area contributed by atoms with E-state index in [2.05, 4.69) is 17.9 Å². The molecule has 0 aliphatic carbocycles. The van der Waals surface area contributed by atoms with Gasteiger partial charge in [0.1, 0.15) is 0 Å². The summed E-state index contributed by atoms with van der Waals surface area (Å²) in [7, 11) is 0. The van der Waals surface area contributed by atoms with Crippen LogP contribution in [0.1, 0.15) is 16.8 Å². The molecule has 1 unspecified atom stereocenters. The van der Waals surface area contributed by atoms with Crippen LogP contribution in [0.5, 0.6) is 0 Å². The Kier molecular flexibility index (Phi) is 3.59. The summed E-state index contributed by atoms with van der Waals surface area (Å²) >= 11 is 6.11. The average Bonchev–Trinajstić information content (AvgIpc) is 2.70. The second-order valence-electron chi connectivity index (χ2n) is 3.58. The maximum absolute atomic E-state index is 11.8. The third-order valence-corrected chi connectivity index (χ3v) is 3.81. The fourth-order valence-corrected chi connectivity index (χ4v) is 2.94. The quantitative estimate of drug-likeness (QED) is 0.775. The van der Waals surface area contributed by atoms with E-state index in [0.717, 1.165) is 22.8 Å². The van der Waals surface area contributed by atoms with E-state index >= 15 is 0 Å². The first-order chi connectivity index (χ1) is 7.25. The van der Waals surface area contributed by atoms with E-state index in [9.17, 15) is 4.79 Å². The van der Waals surface area contributed by atoms with Crippen molar-refractivity contribution in [2.24, 2.45) is 0 Å². The van der Waals surface area contributed by atoms with Crippen molar-refractivity contribution in [3.05, 3.63) is 29.8 Å². The molecule has 0 saturated carbocycles. The fourth-order valence-electron chi connectivity index (χ4n) is 1.56. The van der Waals surface area contributed by atoms with Gasteiger partial charge >= 0.3 is 0 Å². The molecule has 1 atom stereocenters. The molecule has 15 heavy (non-hydrogen) atoms. The number of hydrogen-bond acceptors (Lipinski definition) is 3. The van der Waals surface area contributed by atoms with Crippen LogP contribution in [0.2, 0.25) is 0 Å². The zero-order chi connectivity index (χ0) is 10.7. The van der Waals surface area contributed by atoms with Gasteiger partial charge in [0.25, 0.3) is 5.91 Å². The van der Waals surface area contributed by atoms with Crippen molar-refractivity contribution in [3.8, 4) is 0 Å². The third-order valence-electron chi connectivity index (χ3n) is 2.37. The molecule has 1 N–H and O–H groups in total. The standard InChI is InChI=1S/C11H13NOS2/c13-11(12-9-4-5-15-7-9)8-2-1-3-10(14)6-8/h1-3,6,9,14H,4-5,7H2,(H,12,13). The molecule has 0 bridgehead atoms. The van der Waals surface area contributed by atoms with Gasteiger partial charge in [-0.3, -0.25) is 4.79 Å². The van der Waals surface area contributed by atoms with E-state index in [1.165, 1.54) is 0 Å². The second kappa shape index (κ2) is 4.94. The summed E-state index contributed by atoms with van der Waals surface area (Å²) in [5.41, 5.74) is 0.694. The molecule has 1 fully saturated rings. The van der Waals surface area contributed by atoms with Gasteiger partial charge in [-0.15, -0.1) is 12.6 Å². The molecule has 1 saturated heterocycles. The van der Waals surface area contributed by atoms with Crippen LogP contribution >= 0.6 is 24.4 Å². The van der Waals surface area contributed by atoms with Crippen LogP contribution in [0.15, 0.2) is 29.2 Å². The number of thioether (sulfide) groups is 1. The molecule has 1 aliphatic rings. The highest BCUT2D eigenvalue weighted by molar-refractivity contribution is 7.99. The molecule has 1 aromatic carbocycles. The van der Waals surface area contributed by atoms with E-state index in [4.69, 9.17) is 0 Å². The zero-order valence-corrected chi connectivity index (χ0v) is 9.98. The van der Waals surface area contributed by atoms with Gasteiger partial charge in [0.15, 0.2) is 0 Å². The fraction of sp³-hybridized carbons (Fsp3) is 0.364. The van der Waals surface area contributed by atoms with Gasteiger partial charge in [-0.05, 0) is 30.4 Å². The van der Waals surface area contributed by atoms with Gasteiger partial charge in [0.2, 0.25) is 0 Å². The van der Waals surface area contributed by atoms with Gasteiger partial charge < -0.3 is 5.32 Å². The average molecular weight is 239 g/mol. The predicted octanol–water partition coefficient (Wildman–Crippen LogP) is 2.21. The number of nitrogens with one attached hydrogen (secondary N) is 1. The SMILES string of the molecule is O=C(NC1CCSC1)c1cccc(S)c1. The number of benzene rings is 1. The van der Waals surface area contributed by atoms with Crippen LogP contribution in [0.25, 0.3) is 0 Å². The summed E-state index contributed by atoms with van der Waals surface area (Å²) in [6, 6.07) is 7.66. The van der Waals surface area contributed by atoms with Gasteiger partial charge in [0, 0.05) is 22.3 Å². The predicted molar refractivity (Wildman–Crippen MR) is 66.9 cm³/mol. The summed E-state index contributed by atoms with van der Waals surface area (Å²) in [5, 5.41) is 3.03. The molecule has 0 aromatic heterocycles. The van der Waals surface area contributed by atoms with Crippen molar-refractivity contribution in [2.45, 2.75) is 17.4 Å². The molecule has 1 aromatic rings. The highest BCUT2D eigenvalue weighted by atomic mass is 32.2. The van der Waals surface area contributed by atoms with Crippen LogP contribution < -0.4 is 5.32 Å². The topological polar surface area (TPSA) is 29.1 Å². The largest absolute Gasteiger partial charge is 0.348 e. The summed E-state index contributed by atoms with van der Waals surface area (Å²) in [5.74, 6) is 2.20. The summed E-state index contributed by atoms with van der Waals surface area (Å²) in [6.45, 7) is 0. The Hall–Kier alpha value is -0.610. The van der Waals surface area contributed by atoms with Crippen molar-refractivity contribution in [3.63, 3.8) is 0 Å². The van der Waals surface area contributed by atoms with Gasteiger partial charge in [0.05, 0.1) is 0 Å². The smallest absolute Gasteiger partial charge is 0.251 e. The lowest BCUT2D eigenvalue weighted by atomic mass is 10.2. The Balaban J connectivity index is 2.01. The molecule has 4 heteroatoms. The molecule has 1 amide bonds. The number of thiol groups is 1. The molecule has 2 nitrogen and oxygen atoms in total. The molecular formula is C11H13NOS2. The first-order valence-corrected chi connectivity index (χ1v) is 6.53. The minimum atomic E-state index is 0.0124. The minimum Gasteiger partial charge on any atom is -0.348 e. The molecule has 0 radical (unpaired) electrons. The molecule has 80 valence electrons. The second-order valence-corrected chi connectivity index (χ2v) is 5.25. The molecular weight excluding hydrogens is 226 g/mol.